The van der Waals surface area contributed by atoms with Crippen molar-refractivity contribution in [3.05, 3.63) is 73.6 Å². The number of nitriles is 1. The Kier molecular flexibility index (Phi) is 8.43. The molecule has 190 valence electrons. The highest BCUT2D eigenvalue weighted by Gasteiger charge is 2.24. The standard InChI is InChI=1S/C27H34N6O3/c1-17(2)15-33-24-23(25(34)30-27(33)36)21(13-22(29-24)18(3)4)26(35)32(12-11-31(5)6)16-20-9-7-19(14-28)8-10-20/h7-10,13,17-18H,11-12,15-16H2,1-6H3,(H,30,34,36). The summed E-state index contributed by atoms with van der Waals surface area (Å²) in [5.41, 5.74) is 1.37. The van der Waals surface area contributed by atoms with Crippen molar-refractivity contribution in [2.24, 2.45) is 5.92 Å². The maximum Gasteiger partial charge on any atom is 0.330 e. The van der Waals surface area contributed by atoms with E-state index in [-0.39, 0.29) is 34.3 Å². The van der Waals surface area contributed by atoms with Crippen LogP contribution in [0.4, 0.5) is 0 Å². The van der Waals surface area contributed by atoms with Gasteiger partial charge in [-0.15, -0.1) is 0 Å². The van der Waals surface area contributed by atoms with E-state index in [2.05, 4.69) is 16.0 Å². The number of carbonyl (C=O) groups is 1. The van der Waals surface area contributed by atoms with Gasteiger partial charge in [0.25, 0.3) is 11.5 Å². The Bertz CT molecular complexity index is 1390. The van der Waals surface area contributed by atoms with Crippen LogP contribution in [0.3, 0.4) is 0 Å². The molecule has 9 heteroatoms. The minimum atomic E-state index is -0.618. The lowest BCUT2D eigenvalue weighted by molar-refractivity contribution is 0.0733. The Labute approximate surface area is 211 Å². The van der Waals surface area contributed by atoms with Gasteiger partial charge in [-0.05, 0) is 49.7 Å². The Morgan fingerprint density at radius 2 is 1.78 bits per heavy atom. The number of hydrogen-bond donors (Lipinski definition) is 1. The van der Waals surface area contributed by atoms with Crippen LogP contribution < -0.4 is 11.2 Å². The van der Waals surface area contributed by atoms with E-state index in [0.717, 1.165) is 5.56 Å². The van der Waals surface area contributed by atoms with Crippen LogP contribution in [0.2, 0.25) is 0 Å². The number of fused-ring (bicyclic) bond motifs is 1. The smallest absolute Gasteiger partial charge is 0.330 e. The Balaban J connectivity index is 2.20. The third kappa shape index (κ3) is 6.07. The van der Waals surface area contributed by atoms with E-state index in [1.807, 2.05) is 58.8 Å². The number of rotatable bonds is 9. The van der Waals surface area contributed by atoms with E-state index < -0.39 is 11.2 Å². The average Bonchev–Trinajstić information content (AvgIpc) is 2.83. The van der Waals surface area contributed by atoms with E-state index in [4.69, 9.17) is 5.26 Å². The number of H-pyrrole nitrogens is 1. The summed E-state index contributed by atoms with van der Waals surface area (Å²) in [7, 11) is 3.86. The normalized spacial score (nSPS) is 11.4. The zero-order valence-corrected chi connectivity index (χ0v) is 21.8. The number of hydrogen-bond acceptors (Lipinski definition) is 6. The maximum atomic E-state index is 14.0. The van der Waals surface area contributed by atoms with Crippen LogP contribution in [-0.2, 0) is 13.1 Å². The van der Waals surface area contributed by atoms with E-state index in [0.29, 0.717) is 37.4 Å². The predicted molar refractivity (Wildman–Crippen MR) is 140 cm³/mol. The maximum absolute atomic E-state index is 14.0. The van der Waals surface area contributed by atoms with Crippen molar-refractivity contribution in [2.45, 2.75) is 46.7 Å². The lowest BCUT2D eigenvalue weighted by Gasteiger charge is -2.26. The minimum absolute atomic E-state index is 0.0170. The summed E-state index contributed by atoms with van der Waals surface area (Å²) in [5.74, 6) is -0.194. The molecule has 0 saturated carbocycles. The first-order valence-electron chi connectivity index (χ1n) is 12.1. The second kappa shape index (κ2) is 11.3. The highest BCUT2D eigenvalue weighted by Crippen LogP contribution is 2.22. The van der Waals surface area contributed by atoms with E-state index in [9.17, 15) is 14.4 Å². The number of likely N-dealkylation sites (N-methyl/N-ethyl adjacent to an activating group) is 1. The van der Waals surface area contributed by atoms with Crippen LogP contribution >= 0.6 is 0 Å². The molecule has 1 amide bonds. The SMILES string of the molecule is CC(C)Cn1c(=O)[nH]c(=O)c2c(C(=O)N(CCN(C)C)Cc3ccc(C#N)cc3)cc(C(C)C)nc21. The minimum Gasteiger partial charge on any atom is -0.333 e. The van der Waals surface area contributed by atoms with Gasteiger partial charge in [0.2, 0.25) is 0 Å². The van der Waals surface area contributed by atoms with Crippen molar-refractivity contribution in [2.75, 3.05) is 27.2 Å². The van der Waals surface area contributed by atoms with Crippen LogP contribution in [-0.4, -0.2) is 57.4 Å². The first-order chi connectivity index (χ1) is 17.0. The van der Waals surface area contributed by atoms with Gasteiger partial charge in [0.05, 0.1) is 22.6 Å². The second-order valence-electron chi connectivity index (χ2n) is 10.1. The first kappa shape index (κ1) is 26.8. The van der Waals surface area contributed by atoms with Gasteiger partial charge < -0.3 is 9.80 Å². The van der Waals surface area contributed by atoms with Gasteiger partial charge in [-0.3, -0.25) is 19.1 Å². The number of aromatic nitrogens is 3. The summed E-state index contributed by atoms with van der Waals surface area (Å²) in [4.78, 5) is 50.5. The fourth-order valence-electron chi connectivity index (χ4n) is 3.94. The van der Waals surface area contributed by atoms with Gasteiger partial charge in [-0.1, -0.05) is 39.8 Å². The summed E-state index contributed by atoms with van der Waals surface area (Å²) in [6.45, 7) is 9.59. The van der Waals surface area contributed by atoms with Crippen LogP contribution in [0.1, 0.15) is 60.8 Å². The van der Waals surface area contributed by atoms with Gasteiger partial charge >= 0.3 is 5.69 Å². The number of nitrogens with zero attached hydrogens (tertiary/aromatic N) is 5. The predicted octanol–water partition coefficient (Wildman–Crippen LogP) is 2.94. The Hall–Kier alpha value is -3.77. The molecular weight excluding hydrogens is 456 g/mol. The van der Waals surface area contributed by atoms with E-state index >= 15 is 0 Å². The highest BCUT2D eigenvalue weighted by molar-refractivity contribution is 6.05. The van der Waals surface area contributed by atoms with Crippen molar-refractivity contribution in [3.63, 3.8) is 0 Å². The number of nitrogens with one attached hydrogen (secondary N) is 1. The van der Waals surface area contributed by atoms with Gasteiger partial charge in [-0.2, -0.15) is 5.26 Å². The quantitative estimate of drug-likeness (QED) is 0.493. The number of pyridine rings is 1. The zero-order chi connectivity index (χ0) is 26.6. The lowest BCUT2D eigenvalue weighted by atomic mass is 10.0. The summed E-state index contributed by atoms with van der Waals surface area (Å²) >= 11 is 0. The molecule has 0 spiro atoms. The molecule has 2 heterocycles. The van der Waals surface area contributed by atoms with E-state index in [1.54, 1.807) is 23.1 Å². The molecule has 0 fully saturated rings. The lowest BCUT2D eigenvalue weighted by Crippen LogP contribution is -2.38. The van der Waals surface area contributed by atoms with Crippen molar-refractivity contribution in [1.82, 2.24) is 24.3 Å². The first-order valence-corrected chi connectivity index (χ1v) is 12.1. The summed E-state index contributed by atoms with van der Waals surface area (Å²) in [6.07, 6.45) is 0. The number of carbonyl (C=O) groups excluding carboxylic acids is 1. The molecule has 3 rings (SSSR count). The molecule has 0 aliphatic carbocycles. The van der Waals surface area contributed by atoms with Gasteiger partial charge in [0, 0.05) is 31.9 Å². The summed E-state index contributed by atoms with van der Waals surface area (Å²) in [5, 5.41) is 9.23. The van der Waals surface area contributed by atoms with Crippen LogP contribution in [0.5, 0.6) is 0 Å². The molecule has 0 atom stereocenters. The topological polar surface area (TPSA) is 115 Å². The monoisotopic (exact) mass is 490 g/mol. The Morgan fingerprint density at radius 1 is 1.11 bits per heavy atom. The molecule has 0 aliphatic rings. The van der Waals surface area contributed by atoms with Gasteiger partial charge in [0.1, 0.15) is 0 Å². The van der Waals surface area contributed by atoms with Crippen molar-refractivity contribution in [1.29, 1.82) is 5.26 Å². The molecule has 1 N–H and O–H groups in total. The molecule has 0 saturated heterocycles. The number of aromatic amines is 1. The molecule has 0 bridgehead atoms. The van der Waals surface area contributed by atoms with Gasteiger partial charge in [-0.25, -0.2) is 9.78 Å². The average molecular weight is 491 g/mol. The summed E-state index contributed by atoms with van der Waals surface area (Å²) < 4.78 is 1.45. The molecule has 1 aromatic carbocycles. The van der Waals surface area contributed by atoms with Gasteiger partial charge in [0.15, 0.2) is 5.65 Å². The zero-order valence-electron chi connectivity index (χ0n) is 21.8. The molecule has 2 aromatic heterocycles. The molecule has 0 unspecified atom stereocenters. The van der Waals surface area contributed by atoms with Crippen molar-refractivity contribution >= 4 is 16.9 Å². The van der Waals surface area contributed by atoms with Crippen LogP contribution in [0, 0.1) is 17.2 Å². The Morgan fingerprint density at radius 3 is 2.33 bits per heavy atom. The molecular formula is C27H34N6O3. The molecule has 9 nitrogen and oxygen atoms in total. The highest BCUT2D eigenvalue weighted by atomic mass is 16.2. The molecule has 0 aliphatic heterocycles. The molecule has 3 aromatic rings. The molecule has 0 radical (unpaired) electrons. The third-order valence-electron chi connectivity index (χ3n) is 5.90. The summed E-state index contributed by atoms with van der Waals surface area (Å²) in [6, 6.07) is 10.9. The van der Waals surface area contributed by atoms with Crippen molar-refractivity contribution in [3.8, 4) is 6.07 Å². The molecule has 36 heavy (non-hydrogen) atoms. The second-order valence-corrected chi connectivity index (χ2v) is 10.1. The largest absolute Gasteiger partial charge is 0.333 e. The fourth-order valence-corrected chi connectivity index (χ4v) is 3.94. The number of amides is 1. The van der Waals surface area contributed by atoms with E-state index in [1.165, 1.54) is 4.57 Å². The van der Waals surface area contributed by atoms with Crippen LogP contribution in [0.15, 0.2) is 39.9 Å². The third-order valence-corrected chi connectivity index (χ3v) is 5.90. The fraction of sp³-hybridized carbons (Fsp3) is 0.444. The number of benzene rings is 1. The van der Waals surface area contributed by atoms with Crippen LogP contribution in [0.25, 0.3) is 11.0 Å². The van der Waals surface area contributed by atoms with Crippen molar-refractivity contribution < 1.29 is 4.79 Å².